The summed E-state index contributed by atoms with van der Waals surface area (Å²) in [5, 5.41) is 12.1. The van der Waals surface area contributed by atoms with Crippen LogP contribution in [-0.4, -0.2) is 21.1 Å². The Bertz CT molecular complexity index is 1280. The summed E-state index contributed by atoms with van der Waals surface area (Å²) >= 11 is 7.67. The Hall–Kier alpha value is -3.55. The molecular formula is C26H23ClN4O2S. The smallest absolute Gasteiger partial charge is 0.282 e. The fourth-order valence-electron chi connectivity index (χ4n) is 3.40. The molecule has 0 aliphatic heterocycles. The molecule has 0 saturated heterocycles. The van der Waals surface area contributed by atoms with E-state index in [0.717, 1.165) is 45.0 Å². The van der Waals surface area contributed by atoms with Crippen molar-refractivity contribution in [3.8, 4) is 5.75 Å². The van der Waals surface area contributed by atoms with Gasteiger partial charge in [0.25, 0.3) is 5.91 Å². The second kappa shape index (κ2) is 11.0. The number of ether oxygens (including phenoxy) is 1. The molecule has 4 aromatic rings. The predicted molar refractivity (Wildman–Crippen MR) is 136 cm³/mol. The summed E-state index contributed by atoms with van der Waals surface area (Å²) in [4.78, 5) is 16.7. The van der Waals surface area contributed by atoms with Crippen molar-refractivity contribution in [3.63, 3.8) is 0 Å². The van der Waals surface area contributed by atoms with Crippen molar-refractivity contribution in [2.45, 2.75) is 27.0 Å². The van der Waals surface area contributed by atoms with Gasteiger partial charge in [-0.15, -0.1) is 10.2 Å². The minimum absolute atomic E-state index is 0.267. The summed E-state index contributed by atoms with van der Waals surface area (Å²) < 4.78 is 6.00. The van der Waals surface area contributed by atoms with E-state index in [1.54, 1.807) is 6.20 Å². The van der Waals surface area contributed by atoms with E-state index in [2.05, 4.69) is 20.5 Å². The zero-order chi connectivity index (χ0) is 23.9. The molecular weight excluding hydrogens is 468 g/mol. The number of nitrogens with zero attached hydrogens (tertiary/aromatic N) is 3. The number of benzene rings is 2. The SMILES string of the molecule is Cc1cc(/C=C(\Cl)c2nnc(C(=O)NCc3ccccc3)s2)cc(C)c1OCc1ccccn1. The van der Waals surface area contributed by atoms with E-state index in [0.29, 0.717) is 23.2 Å². The van der Waals surface area contributed by atoms with E-state index in [1.165, 1.54) is 0 Å². The number of hydrogen-bond acceptors (Lipinski definition) is 6. The first-order valence-corrected chi connectivity index (χ1v) is 11.9. The van der Waals surface area contributed by atoms with Crippen molar-refractivity contribution < 1.29 is 9.53 Å². The molecule has 0 aliphatic rings. The van der Waals surface area contributed by atoms with E-state index >= 15 is 0 Å². The average Bonchev–Trinajstić information content (AvgIpc) is 3.34. The van der Waals surface area contributed by atoms with Crippen molar-refractivity contribution in [1.29, 1.82) is 0 Å². The zero-order valence-corrected chi connectivity index (χ0v) is 20.4. The normalized spacial score (nSPS) is 11.3. The molecule has 4 rings (SSSR count). The van der Waals surface area contributed by atoms with Crippen LogP contribution < -0.4 is 10.1 Å². The molecule has 0 aliphatic carbocycles. The van der Waals surface area contributed by atoms with Crippen LogP contribution in [0.2, 0.25) is 0 Å². The maximum atomic E-state index is 12.4. The lowest BCUT2D eigenvalue weighted by Gasteiger charge is -2.13. The third-order valence-corrected chi connectivity index (χ3v) is 6.34. The molecule has 0 unspecified atom stereocenters. The molecule has 172 valence electrons. The minimum Gasteiger partial charge on any atom is -0.487 e. The lowest BCUT2D eigenvalue weighted by atomic mass is 10.1. The maximum Gasteiger partial charge on any atom is 0.282 e. The summed E-state index contributed by atoms with van der Waals surface area (Å²) in [6.45, 7) is 4.81. The summed E-state index contributed by atoms with van der Waals surface area (Å²) in [6.07, 6.45) is 3.57. The molecule has 0 radical (unpaired) electrons. The molecule has 0 atom stereocenters. The van der Waals surface area contributed by atoms with Crippen LogP contribution in [0, 0.1) is 13.8 Å². The Morgan fingerprint density at radius 1 is 1.03 bits per heavy atom. The molecule has 2 aromatic heterocycles. The van der Waals surface area contributed by atoms with Crippen LogP contribution in [0.15, 0.2) is 66.9 Å². The highest BCUT2D eigenvalue weighted by atomic mass is 35.5. The van der Waals surface area contributed by atoms with Gasteiger partial charge in [-0.05, 0) is 66.4 Å². The lowest BCUT2D eigenvalue weighted by molar-refractivity contribution is 0.0950. The molecule has 2 aromatic carbocycles. The van der Waals surface area contributed by atoms with E-state index in [1.807, 2.05) is 80.6 Å². The van der Waals surface area contributed by atoms with Crippen LogP contribution in [-0.2, 0) is 13.2 Å². The number of amides is 1. The number of nitrogens with one attached hydrogen (secondary N) is 1. The highest BCUT2D eigenvalue weighted by Crippen LogP contribution is 2.30. The minimum atomic E-state index is -0.279. The van der Waals surface area contributed by atoms with Crippen LogP contribution in [0.25, 0.3) is 11.1 Å². The third-order valence-electron chi connectivity index (χ3n) is 4.99. The van der Waals surface area contributed by atoms with Crippen molar-refractivity contribution in [2.75, 3.05) is 0 Å². The van der Waals surface area contributed by atoms with Crippen LogP contribution >= 0.6 is 22.9 Å². The van der Waals surface area contributed by atoms with Gasteiger partial charge in [0.15, 0.2) is 5.01 Å². The number of hydrogen-bond donors (Lipinski definition) is 1. The van der Waals surface area contributed by atoms with Gasteiger partial charge in [-0.1, -0.05) is 59.3 Å². The van der Waals surface area contributed by atoms with Crippen LogP contribution in [0.4, 0.5) is 0 Å². The Morgan fingerprint density at radius 3 is 2.44 bits per heavy atom. The van der Waals surface area contributed by atoms with Crippen LogP contribution in [0.3, 0.4) is 0 Å². The number of aryl methyl sites for hydroxylation is 2. The Balaban J connectivity index is 1.42. The first kappa shape index (κ1) is 23.6. The lowest BCUT2D eigenvalue weighted by Crippen LogP contribution is -2.22. The van der Waals surface area contributed by atoms with Crippen molar-refractivity contribution in [1.82, 2.24) is 20.5 Å². The van der Waals surface area contributed by atoms with E-state index in [4.69, 9.17) is 16.3 Å². The molecule has 8 heteroatoms. The van der Waals surface area contributed by atoms with E-state index < -0.39 is 0 Å². The standard InChI is InChI=1S/C26H23ClN4O2S/c1-17-12-20(13-18(2)23(17)33-16-21-10-6-7-11-28-21)14-22(27)25-30-31-26(34-25)24(32)29-15-19-8-4-3-5-9-19/h3-14H,15-16H2,1-2H3,(H,29,32)/b22-14-. The first-order valence-electron chi connectivity index (χ1n) is 10.7. The summed E-state index contributed by atoms with van der Waals surface area (Å²) in [6, 6.07) is 19.4. The molecule has 6 nitrogen and oxygen atoms in total. The van der Waals surface area contributed by atoms with Gasteiger partial charge < -0.3 is 10.1 Å². The highest BCUT2D eigenvalue weighted by Gasteiger charge is 2.15. The molecule has 0 bridgehead atoms. The number of aromatic nitrogens is 3. The second-order valence-corrected chi connectivity index (χ2v) is 9.05. The number of carbonyl (C=O) groups is 1. The van der Waals surface area contributed by atoms with Gasteiger partial charge in [-0.3, -0.25) is 9.78 Å². The molecule has 1 amide bonds. The quantitative estimate of drug-likeness (QED) is 0.338. The van der Waals surface area contributed by atoms with Crippen LogP contribution in [0.1, 0.15) is 42.8 Å². The number of rotatable bonds is 8. The van der Waals surface area contributed by atoms with Crippen molar-refractivity contribution in [3.05, 3.63) is 105 Å². The zero-order valence-electron chi connectivity index (χ0n) is 18.8. The third kappa shape index (κ3) is 6.07. The first-order chi connectivity index (χ1) is 16.5. The van der Waals surface area contributed by atoms with Gasteiger partial charge in [0, 0.05) is 12.7 Å². The molecule has 0 spiro atoms. The Kier molecular flexibility index (Phi) is 7.67. The monoisotopic (exact) mass is 490 g/mol. The number of pyridine rings is 1. The fourth-order valence-corrected chi connectivity index (χ4v) is 4.35. The molecule has 1 N–H and O–H groups in total. The largest absolute Gasteiger partial charge is 0.487 e. The van der Waals surface area contributed by atoms with E-state index in [-0.39, 0.29) is 10.9 Å². The fraction of sp³-hybridized carbons (Fsp3) is 0.154. The van der Waals surface area contributed by atoms with Gasteiger partial charge in [0.1, 0.15) is 12.4 Å². The van der Waals surface area contributed by atoms with Gasteiger partial charge in [-0.25, -0.2) is 0 Å². The van der Waals surface area contributed by atoms with Gasteiger partial charge in [0.05, 0.1) is 10.7 Å². The summed E-state index contributed by atoms with van der Waals surface area (Å²) in [7, 11) is 0. The van der Waals surface area contributed by atoms with Crippen LogP contribution in [0.5, 0.6) is 5.75 Å². The van der Waals surface area contributed by atoms with Gasteiger partial charge in [-0.2, -0.15) is 0 Å². The summed E-state index contributed by atoms with van der Waals surface area (Å²) in [5.41, 5.74) is 4.77. The van der Waals surface area contributed by atoms with Crippen molar-refractivity contribution in [2.24, 2.45) is 0 Å². The second-order valence-electron chi connectivity index (χ2n) is 7.67. The van der Waals surface area contributed by atoms with Gasteiger partial charge in [0.2, 0.25) is 5.01 Å². The van der Waals surface area contributed by atoms with E-state index in [9.17, 15) is 4.79 Å². The van der Waals surface area contributed by atoms with Crippen molar-refractivity contribution >= 4 is 40.0 Å². The highest BCUT2D eigenvalue weighted by molar-refractivity contribution is 7.15. The predicted octanol–water partition coefficient (Wildman–Crippen LogP) is 5.80. The number of halogens is 1. The maximum absolute atomic E-state index is 12.4. The summed E-state index contributed by atoms with van der Waals surface area (Å²) in [5.74, 6) is 0.547. The molecule has 0 saturated carbocycles. The molecule has 34 heavy (non-hydrogen) atoms. The van der Waals surface area contributed by atoms with Gasteiger partial charge >= 0.3 is 0 Å². The Morgan fingerprint density at radius 2 is 1.74 bits per heavy atom. The number of carbonyl (C=O) groups excluding carboxylic acids is 1. The average molecular weight is 491 g/mol. The molecule has 2 heterocycles. The molecule has 0 fully saturated rings. The Labute approximate surface area is 207 Å². The topological polar surface area (TPSA) is 77.0 Å².